The Balaban J connectivity index is 1.67. The molecule has 0 aliphatic carbocycles. The van der Waals surface area contributed by atoms with Gasteiger partial charge in [0.15, 0.2) is 15.8 Å². The monoisotopic (exact) mass is 342 g/mol. The van der Waals surface area contributed by atoms with Crippen molar-refractivity contribution >= 4 is 46.0 Å². The fourth-order valence-electron chi connectivity index (χ4n) is 2.31. The van der Waals surface area contributed by atoms with Crippen molar-refractivity contribution < 1.29 is 14.3 Å². The Bertz CT molecular complexity index is 836. The Morgan fingerprint density at radius 2 is 2.09 bits per heavy atom. The Hall–Kier alpha value is -2.38. The summed E-state index contributed by atoms with van der Waals surface area (Å²) in [5.41, 5.74) is 1.39. The minimum absolute atomic E-state index is 0.162. The predicted molar refractivity (Wildman–Crippen MR) is 92.5 cm³/mol. The first kappa shape index (κ1) is 14.2. The maximum absolute atomic E-state index is 12.7. The van der Waals surface area contributed by atoms with E-state index in [2.05, 4.69) is 4.98 Å². The van der Waals surface area contributed by atoms with Gasteiger partial charge in [0.1, 0.15) is 0 Å². The molecule has 2 aliphatic rings. The molecule has 3 heterocycles. The van der Waals surface area contributed by atoms with E-state index in [0.717, 1.165) is 5.69 Å². The first-order valence-electron chi connectivity index (χ1n) is 6.81. The van der Waals surface area contributed by atoms with Crippen LogP contribution in [0.2, 0.25) is 0 Å². The van der Waals surface area contributed by atoms with Crippen LogP contribution in [0.5, 0.6) is 11.5 Å². The number of thioether (sulfide) groups is 1. The van der Waals surface area contributed by atoms with Crippen LogP contribution in [-0.2, 0) is 4.79 Å². The van der Waals surface area contributed by atoms with Gasteiger partial charge in [-0.05, 0) is 30.3 Å². The fourth-order valence-corrected chi connectivity index (χ4v) is 3.59. The number of rotatable bonds is 2. The van der Waals surface area contributed by atoms with Gasteiger partial charge in [-0.2, -0.15) is 0 Å². The molecule has 1 aromatic heterocycles. The molecular weight excluding hydrogens is 332 g/mol. The van der Waals surface area contributed by atoms with Crippen LogP contribution < -0.4 is 14.4 Å². The fraction of sp³-hybridized carbons (Fsp3) is 0.0625. The maximum atomic E-state index is 12.7. The lowest BCUT2D eigenvalue weighted by atomic mass is 10.2. The van der Waals surface area contributed by atoms with Gasteiger partial charge in [0.05, 0.1) is 16.3 Å². The van der Waals surface area contributed by atoms with Crippen molar-refractivity contribution in [1.82, 2.24) is 4.98 Å². The summed E-state index contributed by atoms with van der Waals surface area (Å²) in [4.78, 5) is 18.9. The lowest BCUT2D eigenvalue weighted by Gasteiger charge is -2.14. The topological polar surface area (TPSA) is 51.7 Å². The second-order valence-electron chi connectivity index (χ2n) is 4.81. The average Bonchev–Trinajstić information content (AvgIpc) is 3.13. The molecule has 0 atom stereocenters. The molecule has 0 saturated carbocycles. The quantitative estimate of drug-likeness (QED) is 0.617. The number of fused-ring (bicyclic) bond motifs is 1. The van der Waals surface area contributed by atoms with E-state index in [1.807, 2.05) is 18.2 Å². The van der Waals surface area contributed by atoms with E-state index < -0.39 is 0 Å². The van der Waals surface area contributed by atoms with Crippen molar-refractivity contribution in [2.24, 2.45) is 0 Å². The first-order chi connectivity index (χ1) is 11.2. The molecule has 2 aliphatic heterocycles. The third-order valence-corrected chi connectivity index (χ3v) is 4.68. The van der Waals surface area contributed by atoms with Crippen molar-refractivity contribution in [2.45, 2.75) is 0 Å². The first-order valence-corrected chi connectivity index (χ1v) is 8.03. The van der Waals surface area contributed by atoms with Crippen molar-refractivity contribution in [3.05, 3.63) is 53.2 Å². The van der Waals surface area contributed by atoms with Gasteiger partial charge in [-0.15, -0.1) is 0 Å². The van der Waals surface area contributed by atoms with Gasteiger partial charge in [0.2, 0.25) is 6.79 Å². The molecule has 1 fully saturated rings. The summed E-state index contributed by atoms with van der Waals surface area (Å²) >= 11 is 6.62. The van der Waals surface area contributed by atoms with E-state index in [9.17, 15) is 4.79 Å². The number of nitrogens with zero attached hydrogens (tertiary/aromatic N) is 2. The maximum Gasteiger partial charge on any atom is 0.270 e. The Morgan fingerprint density at radius 1 is 1.22 bits per heavy atom. The highest BCUT2D eigenvalue weighted by molar-refractivity contribution is 8.27. The van der Waals surface area contributed by atoms with E-state index in [1.54, 1.807) is 30.5 Å². The summed E-state index contributed by atoms with van der Waals surface area (Å²) in [6.45, 7) is 0.191. The summed E-state index contributed by atoms with van der Waals surface area (Å²) in [5, 5.41) is 0. The molecule has 114 valence electrons. The second-order valence-corrected chi connectivity index (χ2v) is 6.49. The van der Waals surface area contributed by atoms with Gasteiger partial charge in [0.25, 0.3) is 5.91 Å². The number of carbonyl (C=O) groups excluding carboxylic acids is 1. The number of hydrogen-bond donors (Lipinski definition) is 0. The van der Waals surface area contributed by atoms with Crippen molar-refractivity contribution in [3.63, 3.8) is 0 Å². The zero-order valence-electron chi connectivity index (χ0n) is 11.8. The van der Waals surface area contributed by atoms with Gasteiger partial charge in [-0.1, -0.05) is 30.0 Å². The number of amides is 1. The standard InChI is InChI=1S/C16H10N2O3S2/c19-15-14(7-10-3-1-2-6-17-10)23-16(22)18(15)11-4-5-12-13(8-11)21-9-20-12/h1-8H,9H2/b14-7+. The van der Waals surface area contributed by atoms with Gasteiger partial charge in [0, 0.05) is 12.3 Å². The van der Waals surface area contributed by atoms with Crippen molar-refractivity contribution in [1.29, 1.82) is 0 Å². The minimum atomic E-state index is -0.162. The van der Waals surface area contributed by atoms with Crippen LogP contribution in [-0.4, -0.2) is 22.0 Å². The number of hydrogen-bond acceptors (Lipinski definition) is 6. The molecule has 1 aromatic carbocycles. The Morgan fingerprint density at radius 3 is 2.91 bits per heavy atom. The van der Waals surface area contributed by atoms with Crippen LogP contribution in [0.4, 0.5) is 5.69 Å². The molecule has 1 amide bonds. The molecule has 23 heavy (non-hydrogen) atoms. The Labute approximate surface area is 141 Å². The SMILES string of the molecule is O=C1/C(=C\c2ccccn2)SC(=S)N1c1ccc2c(c1)OCO2. The van der Waals surface area contributed by atoms with E-state index in [-0.39, 0.29) is 12.7 Å². The van der Waals surface area contributed by atoms with Crippen molar-refractivity contribution in [2.75, 3.05) is 11.7 Å². The third-order valence-electron chi connectivity index (χ3n) is 3.37. The molecule has 7 heteroatoms. The van der Waals surface area contributed by atoms with E-state index in [4.69, 9.17) is 21.7 Å². The summed E-state index contributed by atoms with van der Waals surface area (Å²) in [5.74, 6) is 1.12. The van der Waals surface area contributed by atoms with Crippen LogP contribution in [0.3, 0.4) is 0 Å². The number of anilines is 1. The zero-order valence-corrected chi connectivity index (χ0v) is 13.4. The number of pyridine rings is 1. The summed E-state index contributed by atoms with van der Waals surface area (Å²) in [6, 6.07) is 10.9. The van der Waals surface area contributed by atoms with Gasteiger partial charge < -0.3 is 9.47 Å². The predicted octanol–water partition coefficient (Wildman–Crippen LogP) is 3.22. The molecule has 2 aromatic rings. The molecule has 0 N–H and O–H groups in total. The van der Waals surface area contributed by atoms with E-state index in [0.29, 0.717) is 26.4 Å². The molecular formula is C16H10N2O3S2. The smallest absolute Gasteiger partial charge is 0.270 e. The highest BCUT2D eigenvalue weighted by Crippen LogP contribution is 2.40. The second kappa shape index (κ2) is 5.68. The Kier molecular flexibility index (Phi) is 3.51. The summed E-state index contributed by atoms with van der Waals surface area (Å²) in [7, 11) is 0. The number of benzene rings is 1. The lowest BCUT2D eigenvalue weighted by molar-refractivity contribution is -0.113. The summed E-state index contributed by atoms with van der Waals surface area (Å²) in [6.07, 6.45) is 3.43. The normalized spacial score (nSPS) is 18.1. The van der Waals surface area contributed by atoms with E-state index >= 15 is 0 Å². The summed E-state index contributed by atoms with van der Waals surface area (Å²) < 4.78 is 11.1. The highest BCUT2D eigenvalue weighted by atomic mass is 32.2. The zero-order chi connectivity index (χ0) is 15.8. The molecule has 4 rings (SSSR count). The molecule has 1 saturated heterocycles. The number of aromatic nitrogens is 1. The van der Waals surface area contributed by atoms with Crippen LogP contribution in [0.15, 0.2) is 47.5 Å². The molecule has 0 spiro atoms. The highest BCUT2D eigenvalue weighted by Gasteiger charge is 2.34. The molecule has 0 bridgehead atoms. The van der Waals surface area contributed by atoms with Gasteiger partial charge >= 0.3 is 0 Å². The number of ether oxygens (including phenoxy) is 2. The van der Waals surface area contributed by atoms with Crippen LogP contribution in [0, 0.1) is 0 Å². The average molecular weight is 342 g/mol. The van der Waals surface area contributed by atoms with Gasteiger partial charge in [-0.3, -0.25) is 14.7 Å². The van der Waals surface area contributed by atoms with Crippen LogP contribution in [0.1, 0.15) is 5.69 Å². The third kappa shape index (κ3) is 2.58. The van der Waals surface area contributed by atoms with Crippen LogP contribution in [0.25, 0.3) is 6.08 Å². The molecule has 0 unspecified atom stereocenters. The molecule has 0 radical (unpaired) electrons. The van der Waals surface area contributed by atoms with Gasteiger partial charge in [-0.25, -0.2) is 0 Å². The van der Waals surface area contributed by atoms with Crippen LogP contribution >= 0.6 is 24.0 Å². The minimum Gasteiger partial charge on any atom is -0.454 e. The van der Waals surface area contributed by atoms with Crippen molar-refractivity contribution in [3.8, 4) is 11.5 Å². The lowest BCUT2D eigenvalue weighted by Crippen LogP contribution is -2.27. The number of thiocarbonyl (C=S) groups is 1. The van der Waals surface area contributed by atoms with E-state index in [1.165, 1.54) is 16.7 Å². The number of carbonyl (C=O) groups is 1. The molecule has 5 nitrogen and oxygen atoms in total. The largest absolute Gasteiger partial charge is 0.454 e.